The minimum atomic E-state index is -3.71. The second kappa shape index (κ2) is 5.79. The summed E-state index contributed by atoms with van der Waals surface area (Å²) in [6.45, 7) is 3.48. The number of hydrogen-bond donors (Lipinski definition) is 2. The molecule has 0 atom stereocenters. The Labute approximate surface area is 129 Å². The highest BCUT2D eigenvalue weighted by molar-refractivity contribution is 7.92. The number of anilines is 1. The third-order valence-corrected chi connectivity index (χ3v) is 4.72. The van der Waals surface area contributed by atoms with E-state index in [4.69, 9.17) is 18.0 Å². The summed E-state index contributed by atoms with van der Waals surface area (Å²) in [5.41, 5.74) is 7.50. The molecule has 7 heteroatoms. The van der Waals surface area contributed by atoms with Gasteiger partial charge in [0, 0.05) is 11.8 Å². The number of nitrogens with zero attached hydrogens (tertiary/aromatic N) is 1. The first-order chi connectivity index (χ1) is 9.81. The van der Waals surface area contributed by atoms with E-state index in [1.54, 1.807) is 38.1 Å². The lowest BCUT2D eigenvalue weighted by molar-refractivity contribution is 0.600. The molecule has 0 unspecified atom stereocenters. The molecule has 5 nitrogen and oxygen atoms in total. The van der Waals surface area contributed by atoms with Crippen LogP contribution in [0, 0.1) is 13.8 Å². The van der Waals surface area contributed by atoms with Gasteiger partial charge in [-0.05, 0) is 43.2 Å². The van der Waals surface area contributed by atoms with E-state index in [0.717, 1.165) is 5.56 Å². The van der Waals surface area contributed by atoms with Crippen LogP contribution in [0.15, 0.2) is 41.4 Å². The van der Waals surface area contributed by atoms with Crippen LogP contribution in [0.4, 0.5) is 5.82 Å². The molecule has 2 aromatic rings. The van der Waals surface area contributed by atoms with Gasteiger partial charge in [-0.3, -0.25) is 4.72 Å². The summed E-state index contributed by atoms with van der Waals surface area (Å²) >= 11 is 4.88. The van der Waals surface area contributed by atoms with E-state index in [1.807, 2.05) is 0 Å². The normalized spacial score (nSPS) is 11.1. The van der Waals surface area contributed by atoms with Crippen molar-refractivity contribution in [3.05, 3.63) is 53.2 Å². The van der Waals surface area contributed by atoms with Gasteiger partial charge < -0.3 is 5.73 Å². The van der Waals surface area contributed by atoms with Gasteiger partial charge in [-0.25, -0.2) is 13.4 Å². The van der Waals surface area contributed by atoms with Crippen LogP contribution in [0.5, 0.6) is 0 Å². The molecule has 0 fully saturated rings. The van der Waals surface area contributed by atoms with Crippen molar-refractivity contribution in [1.29, 1.82) is 0 Å². The number of thiocarbonyl (C=S) groups is 1. The third kappa shape index (κ3) is 3.37. The number of rotatable bonds is 4. The molecule has 0 bridgehead atoms. The van der Waals surface area contributed by atoms with Gasteiger partial charge >= 0.3 is 0 Å². The molecule has 2 rings (SSSR count). The van der Waals surface area contributed by atoms with Gasteiger partial charge in [0.1, 0.15) is 10.8 Å². The predicted octanol–water partition coefficient (Wildman–Crippen LogP) is 2.13. The SMILES string of the molecule is Cc1cc(C(N)=S)ccc1S(=O)(=O)Nc1ncccc1C. The second-order valence-electron chi connectivity index (χ2n) is 4.62. The van der Waals surface area contributed by atoms with Crippen molar-refractivity contribution in [1.82, 2.24) is 4.98 Å². The Hall–Kier alpha value is -1.99. The summed E-state index contributed by atoms with van der Waals surface area (Å²) < 4.78 is 27.4. The zero-order chi connectivity index (χ0) is 15.6. The maximum Gasteiger partial charge on any atom is 0.263 e. The molecule has 1 aromatic heterocycles. The molecule has 1 aromatic carbocycles. The van der Waals surface area contributed by atoms with E-state index < -0.39 is 10.0 Å². The number of hydrogen-bond acceptors (Lipinski definition) is 4. The Bertz CT molecular complexity index is 802. The highest BCUT2D eigenvalue weighted by Crippen LogP contribution is 2.21. The monoisotopic (exact) mass is 321 g/mol. The largest absolute Gasteiger partial charge is 0.389 e. The number of aryl methyl sites for hydroxylation is 2. The number of benzene rings is 1. The number of aromatic nitrogens is 1. The van der Waals surface area contributed by atoms with Crippen LogP contribution in [0.3, 0.4) is 0 Å². The average Bonchev–Trinajstić information content (AvgIpc) is 2.40. The lowest BCUT2D eigenvalue weighted by Gasteiger charge is -2.12. The lowest BCUT2D eigenvalue weighted by Crippen LogP contribution is -2.17. The van der Waals surface area contributed by atoms with Crippen LogP contribution < -0.4 is 10.5 Å². The topological polar surface area (TPSA) is 85.1 Å². The molecule has 0 radical (unpaired) electrons. The van der Waals surface area contributed by atoms with Crippen molar-refractivity contribution in [2.75, 3.05) is 4.72 Å². The summed E-state index contributed by atoms with van der Waals surface area (Å²) in [5.74, 6) is 0.315. The van der Waals surface area contributed by atoms with Gasteiger partial charge in [-0.2, -0.15) is 0 Å². The summed E-state index contributed by atoms with van der Waals surface area (Å²) in [5, 5.41) is 0. The number of nitrogens with two attached hydrogens (primary N) is 1. The standard InChI is InChI=1S/C14H15N3O2S2/c1-9-4-3-7-16-14(9)17-21(18,19)12-6-5-11(13(15)20)8-10(12)2/h3-8H,1-2H3,(H2,15,20)(H,16,17). The van der Waals surface area contributed by atoms with E-state index in [2.05, 4.69) is 9.71 Å². The first kappa shape index (κ1) is 15.4. The van der Waals surface area contributed by atoms with Crippen LogP contribution in [-0.2, 0) is 10.0 Å². The number of nitrogens with one attached hydrogen (secondary N) is 1. The smallest absolute Gasteiger partial charge is 0.263 e. The van der Waals surface area contributed by atoms with E-state index in [1.165, 1.54) is 12.3 Å². The molecule has 0 saturated carbocycles. The molecule has 0 spiro atoms. The van der Waals surface area contributed by atoms with Crippen molar-refractivity contribution in [3.63, 3.8) is 0 Å². The first-order valence-corrected chi connectivity index (χ1v) is 8.05. The maximum atomic E-state index is 12.4. The third-order valence-electron chi connectivity index (χ3n) is 2.99. The lowest BCUT2D eigenvalue weighted by atomic mass is 10.1. The highest BCUT2D eigenvalue weighted by atomic mass is 32.2. The molecular weight excluding hydrogens is 306 g/mol. The van der Waals surface area contributed by atoms with Gasteiger partial charge in [-0.15, -0.1) is 0 Å². The van der Waals surface area contributed by atoms with Crippen LogP contribution in [-0.4, -0.2) is 18.4 Å². The second-order valence-corrected chi connectivity index (χ2v) is 6.71. The fourth-order valence-corrected chi connectivity index (χ4v) is 3.31. The van der Waals surface area contributed by atoms with Gasteiger partial charge in [0.05, 0.1) is 4.90 Å². The Morgan fingerprint density at radius 2 is 1.95 bits per heavy atom. The molecule has 0 amide bonds. The Morgan fingerprint density at radius 3 is 2.52 bits per heavy atom. The molecule has 3 N–H and O–H groups in total. The van der Waals surface area contributed by atoms with Gasteiger partial charge in [0.2, 0.25) is 0 Å². The molecular formula is C14H15N3O2S2. The van der Waals surface area contributed by atoms with Gasteiger partial charge in [0.15, 0.2) is 0 Å². The van der Waals surface area contributed by atoms with Crippen molar-refractivity contribution >= 4 is 33.0 Å². The number of pyridine rings is 1. The van der Waals surface area contributed by atoms with Crippen LogP contribution in [0.25, 0.3) is 0 Å². The van der Waals surface area contributed by atoms with Crippen molar-refractivity contribution in [2.24, 2.45) is 5.73 Å². The Balaban J connectivity index is 2.41. The molecule has 110 valence electrons. The zero-order valence-electron chi connectivity index (χ0n) is 11.6. The van der Waals surface area contributed by atoms with Crippen LogP contribution in [0.1, 0.15) is 16.7 Å². The van der Waals surface area contributed by atoms with E-state index >= 15 is 0 Å². The number of sulfonamides is 1. The van der Waals surface area contributed by atoms with Crippen molar-refractivity contribution in [3.8, 4) is 0 Å². The predicted molar refractivity (Wildman–Crippen MR) is 86.8 cm³/mol. The maximum absolute atomic E-state index is 12.4. The fourth-order valence-electron chi connectivity index (χ4n) is 1.88. The Morgan fingerprint density at radius 1 is 1.24 bits per heavy atom. The van der Waals surface area contributed by atoms with E-state index in [0.29, 0.717) is 16.9 Å². The highest BCUT2D eigenvalue weighted by Gasteiger charge is 2.18. The molecule has 21 heavy (non-hydrogen) atoms. The minimum Gasteiger partial charge on any atom is -0.389 e. The van der Waals surface area contributed by atoms with Crippen LogP contribution in [0.2, 0.25) is 0 Å². The van der Waals surface area contributed by atoms with Gasteiger partial charge in [-0.1, -0.05) is 24.4 Å². The quantitative estimate of drug-likeness (QED) is 0.843. The first-order valence-electron chi connectivity index (χ1n) is 6.16. The minimum absolute atomic E-state index is 0.174. The van der Waals surface area contributed by atoms with Crippen molar-refractivity contribution in [2.45, 2.75) is 18.7 Å². The molecule has 0 aliphatic rings. The molecule has 1 heterocycles. The van der Waals surface area contributed by atoms with E-state index in [-0.39, 0.29) is 9.88 Å². The average molecular weight is 321 g/mol. The van der Waals surface area contributed by atoms with Gasteiger partial charge in [0.25, 0.3) is 10.0 Å². The summed E-state index contributed by atoms with van der Waals surface area (Å²) in [6, 6.07) is 8.27. The summed E-state index contributed by atoms with van der Waals surface area (Å²) in [6.07, 6.45) is 1.54. The Kier molecular flexibility index (Phi) is 4.24. The zero-order valence-corrected chi connectivity index (χ0v) is 13.3. The molecule has 0 aliphatic carbocycles. The van der Waals surface area contributed by atoms with E-state index in [9.17, 15) is 8.42 Å². The van der Waals surface area contributed by atoms with Crippen molar-refractivity contribution < 1.29 is 8.42 Å². The fraction of sp³-hybridized carbons (Fsp3) is 0.143. The molecule has 0 aliphatic heterocycles. The molecule has 0 saturated heterocycles. The van der Waals surface area contributed by atoms with Crippen LogP contribution >= 0.6 is 12.2 Å². The summed E-state index contributed by atoms with van der Waals surface area (Å²) in [4.78, 5) is 4.44. The summed E-state index contributed by atoms with van der Waals surface area (Å²) in [7, 11) is -3.71.